The van der Waals surface area contributed by atoms with Crippen LogP contribution in [0.4, 0.5) is 0 Å². The van der Waals surface area contributed by atoms with E-state index in [1.807, 2.05) is 11.8 Å². The normalized spacial score (nSPS) is 29.1. The molecule has 1 rings (SSSR count). The van der Waals surface area contributed by atoms with E-state index in [1.54, 1.807) is 0 Å². The minimum atomic E-state index is -0.443. The van der Waals surface area contributed by atoms with Gasteiger partial charge in [0.2, 0.25) is 5.91 Å². The van der Waals surface area contributed by atoms with E-state index in [4.69, 9.17) is 5.73 Å². The molecule has 3 atom stereocenters. The van der Waals surface area contributed by atoms with Crippen LogP contribution >= 0.6 is 11.8 Å². The molecule has 0 heterocycles. The Morgan fingerprint density at radius 2 is 2.26 bits per heavy atom. The lowest BCUT2D eigenvalue weighted by Gasteiger charge is -2.39. The first kappa shape index (κ1) is 16.8. The molecule has 0 saturated heterocycles. The summed E-state index contributed by atoms with van der Waals surface area (Å²) in [6.07, 6.45) is 6.42. The second-order valence-electron chi connectivity index (χ2n) is 5.94. The Morgan fingerprint density at radius 3 is 2.84 bits per heavy atom. The fourth-order valence-electron chi connectivity index (χ4n) is 2.62. The predicted molar refractivity (Wildman–Crippen MR) is 84.4 cm³/mol. The van der Waals surface area contributed by atoms with E-state index < -0.39 is 5.54 Å². The van der Waals surface area contributed by atoms with Gasteiger partial charge in [-0.2, -0.15) is 11.8 Å². The van der Waals surface area contributed by atoms with Gasteiger partial charge in [-0.1, -0.05) is 27.2 Å². The predicted octanol–water partition coefficient (Wildman–Crippen LogP) is 2.93. The Bertz CT molecular complexity index is 285. The molecular formula is C15H30N2OS. The largest absolute Gasteiger partial charge is 0.368 e. The lowest BCUT2D eigenvalue weighted by Crippen LogP contribution is -2.58. The highest BCUT2D eigenvalue weighted by Gasteiger charge is 2.40. The van der Waals surface area contributed by atoms with Crippen molar-refractivity contribution < 1.29 is 4.79 Å². The van der Waals surface area contributed by atoms with E-state index in [1.165, 1.54) is 18.6 Å². The number of rotatable bonds is 8. The van der Waals surface area contributed by atoms with Crippen molar-refractivity contribution in [3.05, 3.63) is 0 Å². The molecule has 0 aromatic rings. The number of nitrogens with two attached hydrogens (primary N) is 1. The molecular weight excluding hydrogens is 256 g/mol. The maximum absolute atomic E-state index is 11.9. The zero-order chi connectivity index (χ0) is 14.3. The number of nitrogens with one attached hydrogen (secondary N) is 1. The molecule has 0 aromatic carbocycles. The summed E-state index contributed by atoms with van der Waals surface area (Å²) in [5.74, 6) is 1.80. The van der Waals surface area contributed by atoms with E-state index in [-0.39, 0.29) is 5.91 Å². The molecule has 0 aliphatic heterocycles. The first-order valence-electron chi connectivity index (χ1n) is 7.70. The fourth-order valence-corrected chi connectivity index (χ4v) is 4.19. The molecule has 1 amide bonds. The highest BCUT2D eigenvalue weighted by Crippen LogP contribution is 2.36. The van der Waals surface area contributed by atoms with Crippen LogP contribution in [-0.2, 0) is 4.79 Å². The van der Waals surface area contributed by atoms with Crippen molar-refractivity contribution in [2.24, 2.45) is 11.7 Å². The van der Waals surface area contributed by atoms with E-state index in [0.717, 1.165) is 38.1 Å². The van der Waals surface area contributed by atoms with Gasteiger partial charge in [-0.3, -0.25) is 4.79 Å². The van der Waals surface area contributed by atoms with Crippen LogP contribution in [0.1, 0.15) is 59.3 Å². The Morgan fingerprint density at radius 1 is 1.53 bits per heavy atom. The molecule has 3 N–H and O–H groups in total. The molecule has 19 heavy (non-hydrogen) atoms. The van der Waals surface area contributed by atoms with Gasteiger partial charge in [0.1, 0.15) is 0 Å². The van der Waals surface area contributed by atoms with Gasteiger partial charge < -0.3 is 11.1 Å². The van der Waals surface area contributed by atoms with Gasteiger partial charge in [-0.15, -0.1) is 0 Å². The Kier molecular flexibility index (Phi) is 7.22. The Labute approximate surface area is 122 Å². The average molecular weight is 286 g/mol. The van der Waals surface area contributed by atoms with Gasteiger partial charge in [0.25, 0.3) is 0 Å². The third-order valence-corrected chi connectivity index (χ3v) is 5.84. The van der Waals surface area contributed by atoms with Gasteiger partial charge in [0.15, 0.2) is 0 Å². The number of primary amides is 1. The Hall–Kier alpha value is -0.220. The number of thioether (sulfide) groups is 1. The number of carbonyl (C=O) groups is 1. The van der Waals surface area contributed by atoms with Crippen molar-refractivity contribution in [2.45, 2.75) is 70.1 Å². The van der Waals surface area contributed by atoms with Crippen molar-refractivity contribution in [1.82, 2.24) is 5.32 Å². The second kappa shape index (κ2) is 8.15. The van der Waals surface area contributed by atoms with Gasteiger partial charge in [-0.25, -0.2) is 0 Å². The third-order valence-electron chi connectivity index (χ3n) is 4.20. The lowest BCUT2D eigenvalue weighted by molar-refractivity contribution is -0.125. The highest BCUT2D eigenvalue weighted by molar-refractivity contribution is 7.99. The smallest absolute Gasteiger partial charge is 0.237 e. The monoisotopic (exact) mass is 286 g/mol. The zero-order valence-electron chi connectivity index (χ0n) is 12.7. The van der Waals surface area contributed by atoms with Crippen LogP contribution in [-0.4, -0.2) is 29.0 Å². The third kappa shape index (κ3) is 4.99. The quantitative estimate of drug-likeness (QED) is 0.721. The molecule has 1 aliphatic rings. The molecule has 0 bridgehead atoms. The number of amides is 1. The van der Waals surface area contributed by atoms with Crippen LogP contribution in [0.2, 0.25) is 0 Å². The van der Waals surface area contributed by atoms with Gasteiger partial charge >= 0.3 is 0 Å². The van der Waals surface area contributed by atoms with Gasteiger partial charge in [0.05, 0.1) is 5.54 Å². The standard InChI is InChI=1S/C15H30N2OS/c1-4-9-17-15(14(16)18)8-6-7-13(10-15)19-11-12(3)5-2/h12-13,17H,4-11H2,1-3H3,(H2,16,18). The molecule has 3 nitrogen and oxygen atoms in total. The van der Waals surface area contributed by atoms with Crippen LogP contribution < -0.4 is 11.1 Å². The van der Waals surface area contributed by atoms with Crippen LogP contribution in [0.15, 0.2) is 0 Å². The van der Waals surface area contributed by atoms with Crippen LogP contribution in [0.3, 0.4) is 0 Å². The summed E-state index contributed by atoms with van der Waals surface area (Å²) in [4.78, 5) is 11.9. The maximum atomic E-state index is 11.9. The summed E-state index contributed by atoms with van der Waals surface area (Å²) >= 11 is 2.04. The van der Waals surface area contributed by atoms with Crippen molar-refractivity contribution in [3.63, 3.8) is 0 Å². The van der Waals surface area contributed by atoms with Crippen LogP contribution in [0.5, 0.6) is 0 Å². The summed E-state index contributed by atoms with van der Waals surface area (Å²) in [7, 11) is 0. The van der Waals surface area contributed by atoms with E-state index in [2.05, 4.69) is 26.1 Å². The number of hydrogen-bond acceptors (Lipinski definition) is 3. The van der Waals surface area contributed by atoms with E-state index >= 15 is 0 Å². The van der Waals surface area contributed by atoms with Crippen molar-refractivity contribution >= 4 is 17.7 Å². The molecule has 3 unspecified atom stereocenters. The molecule has 4 heteroatoms. The summed E-state index contributed by atoms with van der Waals surface area (Å²) in [5, 5.41) is 4.01. The first-order valence-corrected chi connectivity index (χ1v) is 8.75. The number of carbonyl (C=O) groups excluding carboxylic acids is 1. The van der Waals surface area contributed by atoms with E-state index in [0.29, 0.717) is 5.25 Å². The molecule has 0 spiro atoms. The van der Waals surface area contributed by atoms with Gasteiger partial charge in [-0.05, 0) is 50.3 Å². The lowest BCUT2D eigenvalue weighted by atomic mass is 9.80. The minimum Gasteiger partial charge on any atom is -0.368 e. The highest BCUT2D eigenvalue weighted by atomic mass is 32.2. The SMILES string of the molecule is CCCNC1(C(N)=O)CCCC(SCC(C)CC)C1. The Balaban J connectivity index is 2.56. The second-order valence-corrected chi connectivity index (χ2v) is 7.27. The average Bonchev–Trinajstić information content (AvgIpc) is 2.42. The number of hydrogen-bond donors (Lipinski definition) is 2. The van der Waals surface area contributed by atoms with Crippen LogP contribution in [0.25, 0.3) is 0 Å². The zero-order valence-corrected chi connectivity index (χ0v) is 13.5. The van der Waals surface area contributed by atoms with Crippen molar-refractivity contribution in [3.8, 4) is 0 Å². The van der Waals surface area contributed by atoms with Crippen molar-refractivity contribution in [1.29, 1.82) is 0 Å². The van der Waals surface area contributed by atoms with E-state index in [9.17, 15) is 4.79 Å². The van der Waals surface area contributed by atoms with Crippen molar-refractivity contribution in [2.75, 3.05) is 12.3 Å². The molecule has 0 radical (unpaired) electrons. The topological polar surface area (TPSA) is 55.1 Å². The fraction of sp³-hybridized carbons (Fsp3) is 0.933. The van der Waals surface area contributed by atoms with Crippen LogP contribution in [0, 0.1) is 5.92 Å². The summed E-state index contributed by atoms with van der Waals surface area (Å²) in [6, 6.07) is 0. The summed E-state index contributed by atoms with van der Waals surface area (Å²) < 4.78 is 0. The molecule has 1 fully saturated rings. The summed E-state index contributed by atoms with van der Waals surface area (Å²) in [6.45, 7) is 7.54. The molecule has 1 saturated carbocycles. The first-order chi connectivity index (χ1) is 9.04. The van der Waals surface area contributed by atoms with Gasteiger partial charge in [0, 0.05) is 5.25 Å². The minimum absolute atomic E-state index is 0.158. The summed E-state index contributed by atoms with van der Waals surface area (Å²) in [5.41, 5.74) is 5.23. The molecule has 0 aromatic heterocycles. The molecule has 112 valence electrons. The maximum Gasteiger partial charge on any atom is 0.237 e. The molecule has 1 aliphatic carbocycles.